The fourth-order valence-electron chi connectivity index (χ4n) is 0. The maximum atomic E-state index is 9.00. The van der Waals surface area contributed by atoms with Crippen LogP contribution in [0, 0.1) is 0 Å². The van der Waals surface area contributed by atoms with Gasteiger partial charge in [0.05, 0.1) is 0 Å². The number of aliphatic carboxylic acids is 4. The van der Waals surface area contributed by atoms with Gasteiger partial charge in [-0.1, -0.05) is 0 Å². The predicted octanol–water partition coefficient (Wildman–Crippen LogP) is -3.87. The third-order valence-electron chi connectivity index (χ3n) is 0. The van der Waals surface area contributed by atoms with Gasteiger partial charge in [-0.05, 0) is 0 Å². The quantitative estimate of drug-likeness (QED) is 0.158. The molecular formula is C10H33FeN2NaO11. The van der Waals surface area contributed by atoms with Crippen molar-refractivity contribution in [1.82, 2.24) is 12.3 Å². The molecule has 0 rings (SSSR count). The van der Waals surface area contributed by atoms with Gasteiger partial charge < -0.3 is 50.6 Å². The maximum Gasteiger partial charge on any atom is 1.00 e. The van der Waals surface area contributed by atoms with Crippen LogP contribution in [0.25, 0.3) is 0 Å². The van der Waals surface area contributed by atoms with E-state index in [0.717, 1.165) is 27.7 Å². The second-order valence-electron chi connectivity index (χ2n) is 2.08. The smallest absolute Gasteiger partial charge is 1.00 e. The molecule has 0 bridgehead atoms. The molecule has 0 aliphatic carbocycles. The summed E-state index contributed by atoms with van der Waals surface area (Å²) < 4.78 is 0. The monoisotopic (exact) mass is 436 g/mol. The molecule has 0 aliphatic rings. The topological polar surface area (TPSA) is 314 Å². The van der Waals surface area contributed by atoms with Gasteiger partial charge in [-0.25, -0.2) is 0 Å². The van der Waals surface area contributed by atoms with Crippen LogP contribution in [-0.2, 0) is 36.2 Å². The number of rotatable bonds is 0. The minimum absolute atomic E-state index is 0. The van der Waals surface area contributed by atoms with Crippen molar-refractivity contribution >= 4 is 23.9 Å². The van der Waals surface area contributed by atoms with E-state index >= 15 is 0 Å². The second kappa shape index (κ2) is 92.3. The van der Waals surface area contributed by atoms with Gasteiger partial charge in [-0.3, -0.25) is 19.2 Å². The van der Waals surface area contributed by atoms with Crippen LogP contribution >= 0.6 is 0 Å². The molecule has 0 heterocycles. The molecule has 0 aromatic carbocycles. The first-order valence-corrected chi connectivity index (χ1v) is 4.21. The van der Waals surface area contributed by atoms with Gasteiger partial charge in [0.2, 0.25) is 0 Å². The van der Waals surface area contributed by atoms with Gasteiger partial charge in [0.25, 0.3) is 23.9 Å². The molecule has 0 amide bonds. The van der Waals surface area contributed by atoms with E-state index in [4.69, 9.17) is 39.6 Å². The van der Waals surface area contributed by atoms with Crippen molar-refractivity contribution in [3.63, 3.8) is 0 Å². The second-order valence-corrected chi connectivity index (χ2v) is 2.08. The largest absolute Gasteiger partial charge is 1.00 e. The fourth-order valence-corrected chi connectivity index (χ4v) is 0. The number of hydrogen-bond acceptors (Lipinski definition) is 6. The van der Waals surface area contributed by atoms with Crippen molar-refractivity contribution in [3.8, 4) is 0 Å². The normalized spacial score (nSPS) is 4.16. The van der Waals surface area contributed by atoms with Gasteiger partial charge >= 0.3 is 29.6 Å². The molecule has 0 unspecified atom stereocenters. The summed E-state index contributed by atoms with van der Waals surface area (Å²) in [4.78, 5) is 36.0. The molecule has 13 nitrogen and oxygen atoms in total. The zero-order valence-corrected chi connectivity index (χ0v) is 18.2. The summed E-state index contributed by atoms with van der Waals surface area (Å²) in [6.07, 6.45) is 0. The zero-order chi connectivity index (χ0) is 16.3. The summed E-state index contributed by atoms with van der Waals surface area (Å²) in [6.45, 7) is 10.3. The Labute approximate surface area is 180 Å². The van der Waals surface area contributed by atoms with E-state index in [2.05, 4.69) is 13.2 Å². The van der Waals surface area contributed by atoms with Gasteiger partial charge in [0, 0.05) is 44.8 Å². The van der Waals surface area contributed by atoms with Crippen molar-refractivity contribution in [2.24, 2.45) is 0 Å². The molecule has 0 spiro atoms. The minimum atomic E-state index is -0.833. The SMILES string of the molecule is C=C.CC(=O)O.CC(=O)O.CC(=O)O.CC(=O)O.N.N.O.O.O.[Fe].[H-].[Na+]. The molecule has 0 aliphatic heterocycles. The average Bonchev–Trinajstić information content (AvgIpc) is 2.01. The van der Waals surface area contributed by atoms with E-state index in [1.54, 1.807) is 0 Å². The van der Waals surface area contributed by atoms with Crippen LogP contribution < -0.4 is 41.9 Å². The van der Waals surface area contributed by atoms with Crippen molar-refractivity contribution < 1.29 is 104 Å². The molecule has 0 atom stereocenters. The number of carboxylic acids is 4. The Morgan fingerprint density at radius 1 is 0.600 bits per heavy atom. The van der Waals surface area contributed by atoms with E-state index in [1.807, 2.05) is 0 Å². The summed E-state index contributed by atoms with van der Waals surface area (Å²) in [6, 6.07) is 0. The summed E-state index contributed by atoms with van der Waals surface area (Å²) in [5.41, 5.74) is 0. The molecule has 0 aromatic heterocycles. The Kier molecular flexibility index (Phi) is 326. The van der Waals surface area contributed by atoms with Crippen molar-refractivity contribution in [2.75, 3.05) is 0 Å². The summed E-state index contributed by atoms with van der Waals surface area (Å²) in [5, 5.41) is 29.7. The number of carboxylic acid groups (broad SMARTS) is 4. The summed E-state index contributed by atoms with van der Waals surface area (Å²) in [5.74, 6) is -3.33. The fraction of sp³-hybridized carbons (Fsp3) is 0.400. The van der Waals surface area contributed by atoms with Crippen LogP contribution in [-0.4, -0.2) is 60.7 Å². The summed E-state index contributed by atoms with van der Waals surface area (Å²) in [7, 11) is 0. The molecule has 0 aromatic rings. The van der Waals surface area contributed by atoms with E-state index in [0.29, 0.717) is 0 Å². The van der Waals surface area contributed by atoms with Crippen molar-refractivity contribution in [1.29, 1.82) is 0 Å². The van der Waals surface area contributed by atoms with Crippen LogP contribution in [0.1, 0.15) is 29.1 Å². The number of carbonyl (C=O) groups is 4. The first-order valence-electron chi connectivity index (χ1n) is 4.21. The van der Waals surface area contributed by atoms with E-state index in [-0.39, 0.29) is 76.8 Å². The third kappa shape index (κ3) is 8940. The van der Waals surface area contributed by atoms with Gasteiger partial charge in [0.1, 0.15) is 0 Å². The Bertz CT molecular complexity index is 201. The molecule has 25 heavy (non-hydrogen) atoms. The number of hydrogen-bond donors (Lipinski definition) is 6. The average molecular weight is 436 g/mol. The van der Waals surface area contributed by atoms with Crippen molar-refractivity contribution in [3.05, 3.63) is 13.2 Å². The van der Waals surface area contributed by atoms with Gasteiger partial charge in [0.15, 0.2) is 0 Å². The minimum Gasteiger partial charge on any atom is -1.00 e. The van der Waals surface area contributed by atoms with Crippen molar-refractivity contribution in [2.45, 2.75) is 27.7 Å². The van der Waals surface area contributed by atoms with E-state index in [1.165, 1.54) is 0 Å². The third-order valence-corrected chi connectivity index (χ3v) is 0. The molecule has 16 N–H and O–H groups in total. The van der Waals surface area contributed by atoms with Crippen LogP contribution in [0.3, 0.4) is 0 Å². The molecule has 0 saturated heterocycles. The van der Waals surface area contributed by atoms with E-state index in [9.17, 15) is 0 Å². The first kappa shape index (κ1) is 88.4. The van der Waals surface area contributed by atoms with Crippen LogP contribution in [0.5, 0.6) is 0 Å². The first-order chi connectivity index (χ1) is 7.93. The molecule has 0 fully saturated rings. The summed E-state index contributed by atoms with van der Waals surface area (Å²) >= 11 is 0. The standard InChI is InChI=1S/4C2H4O2.C2H4.Fe.2H3N.Na.3H2O.H/c4*1-2(3)4;1-2;;;;;;;;/h4*1H3,(H,3,4);1-2H2;;2*1H3;;3*1H2;/q;;;;;;;;+1;;;;-1. The Morgan fingerprint density at radius 2 is 0.600 bits per heavy atom. The molecular weight excluding hydrogens is 403 g/mol. The zero-order valence-electron chi connectivity index (χ0n) is 16.1. The van der Waals surface area contributed by atoms with Crippen LogP contribution in [0.2, 0.25) is 0 Å². The predicted molar refractivity (Wildman–Crippen MR) is 86.5 cm³/mol. The maximum absolute atomic E-state index is 9.00. The molecule has 0 radical (unpaired) electrons. The van der Waals surface area contributed by atoms with Gasteiger partial charge in [-0.15, -0.1) is 13.2 Å². The van der Waals surface area contributed by atoms with Crippen LogP contribution in [0.15, 0.2) is 13.2 Å². The molecule has 158 valence electrons. The Morgan fingerprint density at radius 3 is 0.600 bits per heavy atom. The Hall–Kier alpha value is -1.06. The Balaban J connectivity index is -0.00000000694. The van der Waals surface area contributed by atoms with Crippen LogP contribution in [0.4, 0.5) is 0 Å². The molecule has 15 heteroatoms. The molecule has 0 saturated carbocycles. The van der Waals surface area contributed by atoms with Gasteiger partial charge in [-0.2, -0.15) is 0 Å². The van der Waals surface area contributed by atoms with E-state index < -0.39 is 23.9 Å².